The fourth-order valence-corrected chi connectivity index (χ4v) is 10.6. The zero-order valence-corrected chi connectivity index (χ0v) is 24.8. The molecule has 0 fully saturated rings. The first-order valence-electron chi connectivity index (χ1n) is 13.9. The summed E-state index contributed by atoms with van der Waals surface area (Å²) in [5.41, 5.74) is 2.69. The minimum Gasteiger partial charge on any atom is -0.446 e. The van der Waals surface area contributed by atoms with Gasteiger partial charge in [0.1, 0.15) is 6.10 Å². The molecule has 2 atom stereocenters. The molecule has 0 saturated heterocycles. The summed E-state index contributed by atoms with van der Waals surface area (Å²) in [4.78, 5) is 15.2. The first-order chi connectivity index (χ1) is 18.1. The van der Waals surface area contributed by atoms with Gasteiger partial charge in [0.15, 0.2) is 0 Å². The van der Waals surface area contributed by atoms with Crippen LogP contribution in [-0.4, -0.2) is 44.6 Å². The van der Waals surface area contributed by atoms with Gasteiger partial charge in [-0.05, 0) is 60.2 Å². The van der Waals surface area contributed by atoms with Crippen molar-refractivity contribution in [3.63, 3.8) is 0 Å². The Morgan fingerprint density at radius 1 is 0.895 bits per heavy atom. The lowest BCUT2D eigenvalue weighted by Crippen LogP contribution is -2.67. The summed E-state index contributed by atoms with van der Waals surface area (Å²) in [6.45, 7) is 13.9. The first kappa shape index (κ1) is 28.1. The number of benzene rings is 3. The van der Waals surface area contributed by atoms with Crippen LogP contribution in [-0.2, 0) is 15.6 Å². The molecule has 3 aromatic rings. The monoisotopic (exact) mass is 529 g/mol. The van der Waals surface area contributed by atoms with Gasteiger partial charge in [-0.3, -0.25) is 0 Å². The average Bonchev–Trinajstić information content (AvgIpc) is 3.33. The quantitative estimate of drug-likeness (QED) is 0.296. The molecule has 0 saturated carbocycles. The highest BCUT2D eigenvalue weighted by Crippen LogP contribution is 2.38. The van der Waals surface area contributed by atoms with E-state index in [0.717, 1.165) is 12.8 Å². The molecular weight excluding hydrogens is 486 g/mol. The third kappa shape index (κ3) is 5.74. The topological polar surface area (TPSA) is 38.8 Å². The van der Waals surface area contributed by atoms with Crippen molar-refractivity contribution in [3.8, 4) is 0 Å². The fraction of sp³-hybridized carbons (Fsp3) is 0.424. The lowest BCUT2D eigenvalue weighted by atomic mass is 9.96. The van der Waals surface area contributed by atoms with Gasteiger partial charge in [-0.15, -0.1) is 0 Å². The second-order valence-electron chi connectivity index (χ2n) is 11.7. The molecule has 0 spiro atoms. The molecule has 0 aliphatic heterocycles. The summed E-state index contributed by atoms with van der Waals surface area (Å²) in [7, 11) is -2.66. The third-order valence-corrected chi connectivity index (χ3v) is 13.0. The zero-order valence-electron chi connectivity index (χ0n) is 23.8. The summed E-state index contributed by atoms with van der Waals surface area (Å²) < 4.78 is 13.1. The van der Waals surface area contributed by atoms with Crippen LogP contribution in [0.2, 0.25) is 5.04 Å². The van der Waals surface area contributed by atoms with Crippen molar-refractivity contribution in [2.45, 2.75) is 77.5 Å². The van der Waals surface area contributed by atoms with E-state index < -0.39 is 8.32 Å². The molecule has 0 aromatic heterocycles. The number of hydrogen-bond donors (Lipinski definition) is 0. The summed E-state index contributed by atoms with van der Waals surface area (Å²) in [6, 6.07) is 29.8. The van der Waals surface area contributed by atoms with Crippen LogP contribution in [0.5, 0.6) is 0 Å². The van der Waals surface area contributed by atoms with Crippen LogP contribution >= 0.6 is 0 Å². The Kier molecular flexibility index (Phi) is 8.79. The molecule has 202 valence electrons. The van der Waals surface area contributed by atoms with E-state index in [9.17, 15) is 4.79 Å². The van der Waals surface area contributed by atoms with Crippen molar-refractivity contribution in [1.82, 2.24) is 4.90 Å². The summed E-state index contributed by atoms with van der Waals surface area (Å²) in [6.07, 6.45) is 1.63. The summed E-state index contributed by atoms with van der Waals surface area (Å²) >= 11 is 0. The molecule has 0 N–H and O–H groups in total. The van der Waals surface area contributed by atoms with E-state index in [2.05, 4.69) is 106 Å². The number of amides is 1. The summed E-state index contributed by atoms with van der Waals surface area (Å²) in [5.74, 6) is 0.248. The van der Waals surface area contributed by atoms with Gasteiger partial charge in [-0.2, -0.15) is 0 Å². The van der Waals surface area contributed by atoms with Gasteiger partial charge >= 0.3 is 6.09 Å². The molecule has 0 bridgehead atoms. The SMILES string of the molecule is CC(C)N(CCO[Si](c1ccccc1)(c1ccccc1)C(C)(C)C)C(=O)O[C@H](C)C1CCc2ccccc21. The predicted molar refractivity (Wildman–Crippen MR) is 159 cm³/mol. The largest absolute Gasteiger partial charge is 0.446 e. The van der Waals surface area contributed by atoms with Crippen molar-refractivity contribution >= 4 is 24.8 Å². The van der Waals surface area contributed by atoms with Crippen LogP contribution in [0.4, 0.5) is 4.79 Å². The smallest absolute Gasteiger partial charge is 0.410 e. The number of carbonyl (C=O) groups is 1. The molecule has 1 amide bonds. The number of ether oxygens (including phenoxy) is 1. The number of carbonyl (C=O) groups excluding carboxylic acids is 1. The number of nitrogens with zero attached hydrogens (tertiary/aromatic N) is 1. The van der Waals surface area contributed by atoms with Gasteiger partial charge in [0.25, 0.3) is 8.32 Å². The van der Waals surface area contributed by atoms with E-state index in [4.69, 9.17) is 9.16 Å². The van der Waals surface area contributed by atoms with E-state index in [0.29, 0.717) is 13.2 Å². The molecule has 4 nitrogen and oxygen atoms in total. The fourth-order valence-electron chi connectivity index (χ4n) is 6.01. The van der Waals surface area contributed by atoms with Crippen LogP contribution in [0.15, 0.2) is 84.9 Å². The van der Waals surface area contributed by atoms with E-state index in [1.54, 1.807) is 0 Å². The minimum absolute atomic E-state index is 0.00770. The molecule has 5 heteroatoms. The lowest BCUT2D eigenvalue weighted by Gasteiger charge is -2.43. The number of hydrogen-bond acceptors (Lipinski definition) is 3. The van der Waals surface area contributed by atoms with Crippen LogP contribution in [0, 0.1) is 0 Å². The molecule has 1 unspecified atom stereocenters. The molecule has 1 aliphatic carbocycles. The molecule has 0 radical (unpaired) electrons. The maximum absolute atomic E-state index is 13.4. The van der Waals surface area contributed by atoms with Crippen molar-refractivity contribution in [2.75, 3.05) is 13.2 Å². The van der Waals surface area contributed by atoms with Gasteiger partial charge in [0.05, 0.1) is 6.61 Å². The number of rotatable bonds is 9. The Bertz CT molecular complexity index is 1150. The van der Waals surface area contributed by atoms with Crippen LogP contribution in [0.3, 0.4) is 0 Å². The van der Waals surface area contributed by atoms with E-state index in [-0.39, 0.29) is 29.2 Å². The number of fused-ring (bicyclic) bond motifs is 1. The van der Waals surface area contributed by atoms with Gasteiger partial charge < -0.3 is 14.1 Å². The van der Waals surface area contributed by atoms with Crippen LogP contribution < -0.4 is 10.4 Å². The molecule has 4 rings (SSSR count). The van der Waals surface area contributed by atoms with Crippen LogP contribution in [0.1, 0.15) is 65.0 Å². The van der Waals surface area contributed by atoms with E-state index in [1.807, 2.05) is 25.7 Å². The molecular formula is C33H43NO3Si. The van der Waals surface area contributed by atoms with Crippen molar-refractivity contribution in [3.05, 3.63) is 96.1 Å². The highest BCUT2D eigenvalue weighted by molar-refractivity contribution is 6.99. The second kappa shape index (κ2) is 11.9. The van der Waals surface area contributed by atoms with Gasteiger partial charge in [-0.1, -0.05) is 106 Å². The highest BCUT2D eigenvalue weighted by atomic mass is 28.4. The standard InChI is InChI=1S/C33H43NO3Si/c1-25(2)34(32(35)37-26(3)30-22-21-27-15-13-14-20-31(27)30)23-24-36-38(33(4,5)6,28-16-9-7-10-17-28)29-18-11-8-12-19-29/h7-20,25-26,30H,21-24H2,1-6H3/t26-,30?/m1/s1. The minimum atomic E-state index is -2.66. The Labute approximate surface area is 230 Å². The van der Waals surface area contributed by atoms with Gasteiger partial charge in [0, 0.05) is 18.5 Å². The third-order valence-electron chi connectivity index (χ3n) is 7.96. The van der Waals surface area contributed by atoms with Crippen LogP contribution in [0.25, 0.3) is 0 Å². The van der Waals surface area contributed by atoms with Crippen molar-refractivity contribution in [2.24, 2.45) is 0 Å². The maximum Gasteiger partial charge on any atom is 0.410 e. The normalized spacial score (nSPS) is 16.2. The predicted octanol–water partition coefficient (Wildman–Crippen LogP) is 6.53. The van der Waals surface area contributed by atoms with Crippen molar-refractivity contribution < 1.29 is 14.0 Å². The first-order valence-corrected chi connectivity index (χ1v) is 15.9. The average molecular weight is 530 g/mol. The van der Waals surface area contributed by atoms with Gasteiger partial charge in [0.2, 0.25) is 0 Å². The van der Waals surface area contributed by atoms with Crippen molar-refractivity contribution in [1.29, 1.82) is 0 Å². The Hall–Kier alpha value is -2.89. The zero-order chi connectivity index (χ0) is 27.3. The Morgan fingerprint density at radius 2 is 1.45 bits per heavy atom. The molecule has 0 heterocycles. The van der Waals surface area contributed by atoms with E-state index in [1.165, 1.54) is 21.5 Å². The Balaban J connectivity index is 1.51. The maximum atomic E-state index is 13.4. The molecule has 3 aromatic carbocycles. The summed E-state index contributed by atoms with van der Waals surface area (Å²) in [5, 5.41) is 2.38. The lowest BCUT2D eigenvalue weighted by molar-refractivity contribution is 0.0464. The highest BCUT2D eigenvalue weighted by Gasteiger charge is 2.50. The second-order valence-corrected chi connectivity index (χ2v) is 16.0. The number of aryl methyl sites for hydroxylation is 1. The Morgan fingerprint density at radius 3 is 2.00 bits per heavy atom. The molecule has 1 aliphatic rings. The van der Waals surface area contributed by atoms with E-state index >= 15 is 0 Å². The van der Waals surface area contributed by atoms with Gasteiger partial charge in [-0.25, -0.2) is 4.79 Å². The molecule has 38 heavy (non-hydrogen) atoms.